The third-order valence-electron chi connectivity index (χ3n) is 19.7. The van der Waals surface area contributed by atoms with E-state index in [-0.39, 0.29) is 21.7 Å². The summed E-state index contributed by atoms with van der Waals surface area (Å²) in [6.07, 6.45) is 18.1. The monoisotopic (exact) mass is 968 g/mol. The van der Waals surface area contributed by atoms with Gasteiger partial charge in [0.25, 0.3) is 0 Å². The molecule has 0 aliphatic heterocycles. The van der Waals surface area contributed by atoms with Crippen molar-refractivity contribution in [3.63, 3.8) is 0 Å². The zero-order valence-electron chi connectivity index (χ0n) is 44.8. The molecule has 0 atom stereocenters. The lowest BCUT2D eigenvalue weighted by molar-refractivity contribution is -0.00621. The van der Waals surface area contributed by atoms with Crippen molar-refractivity contribution in [3.05, 3.63) is 102 Å². The van der Waals surface area contributed by atoms with Gasteiger partial charge in [0.2, 0.25) is 0 Å². The van der Waals surface area contributed by atoms with Gasteiger partial charge in [-0.15, -0.1) is 0 Å². The fourth-order valence-electron chi connectivity index (χ4n) is 16.4. The highest BCUT2D eigenvalue weighted by atomic mass is 28.3. The molecule has 13 rings (SSSR count). The van der Waals surface area contributed by atoms with Gasteiger partial charge in [-0.3, -0.25) is 0 Å². The Balaban J connectivity index is 1.03. The molecule has 1 heterocycles. The van der Waals surface area contributed by atoms with Crippen LogP contribution in [0.2, 0.25) is 38.3 Å². The normalized spacial score (nSPS) is 28.2. The summed E-state index contributed by atoms with van der Waals surface area (Å²) >= 11 is 0. The van der Waals surface area contributed by atoms with Crippen LogP contribution in [0.3, 0.4) is 0 Å². The molecular formula is C65H85NO2Si2. The Morgan fingerprint density at radius 2 is 0.757 bits per heavy atom. The Labute approximate surface area is 424 Å². The van der Waals surface area contributed by atoms with E-state index in [1.54, 1.807) is 0 Å². The van der Waals surface area contributed by atoms with Crippen LogP contribution >= 0.6 is 0 Å². The van der Waals surface area contributed by atoms with Crippen molar-refractivity contribution < 1.29 is 10.2 Å². The highest BCUT2D eigenvalue weighted by Crippen LogP contribution is 2.64. The molecule has 5 heteroatoms. The van der Waals surface area contributed by atoms with Gasteiger partial charge in [0, 0.05) is 33.4 Å². The maximum atomic E-state index is 13.0. The van der Waals surface area contributed by atoms with E-state index in [0.29, 0.717) is 11.5 Å². The molecule has 8 bridgehead atoms. The van der Waals surface area contributed by atoms with E-state index in [1.807, 2.05) is 0 Å². The second-order valence-electron chi connectivity index (χ2n) is 28.6. The molecule has 8 aliphatic rings. The van der Waals surface area contributed by atoms with Crippen LogP contribution < -0.4 is 10.4 Å². The van der Waals surface area contributed by atoms with Gasteiger partial charge in [0.05, 0.1) is 27.5 Å². The van der Waals surface area contributed by atoms with Crippen molar-refractivity contribution >= 4 is 26.5 Å². The van der Waals surface area contributed by atoms with Gasteiger partial charge in [-0.2, -0.15) is 0 Å². The number of aromatic nitrogens is 1. The van der Waals surface area contributed by atoms with Crippen molar-refractivity contribution in [1.82, 2.24) is 4.98 Å². The Hall–Kier alpha value is -3.94. The number of pyridine rings is 1. The SMILES string of the molecule is CC(C)(C)CC[Si](C)(C)c1cc(-c2ccccc2-c2cccc(-c3ccccc3-c3cc([Si](C)(C)CCC(C)(C)C)cc(C45CC6CC(CC(C6)C4)C5)c3O)n2)c(O)c(C23CC4CC(CC(C4)C2)C3)c1. The average molecular weight is 969 g/mol. The van der Waals surface area contributed by atoms with Crippen molar-refractivity contribution in [2.45, 2.75) is 181 Å². The van der Waals surface area contributed by atoms with Crippen molar-refractivity contribution in [3.8, 4) is 56.3 Å². The zero-order valence-corrected chi connectivity index (χ0v) is 46.8. The van der Waals surface area contributed by atoms with E-state index in [1.165, 1.54) is 123 Å². The lowest BCUT2D eigenvalue weighted by Gasteiger charge is -2.57. The van der Waals surface area contributed by atoms with E-state index in [0.717, 1.165) is 80.3 Å². The van der Waals surface area contributed by atoms with E-state index >= 15 is 0 Å². The number of nitrogens with zero attached hydrogens (tertiary/aromatic N) is 1. The summed E-state index contributed by atoms with van der Waals surface area (Å²) < 4.78 is 0. The standard InChI is InChI=1S/C65H85NO2Si2/c1-62(2,3)22-24-69(7,8)48-32-54(60(67)56(34-48)64-36-42-26-43(37-64)28-44(27-42)38-64)50-16-11-13-18-52(50)58-20-15-21-59(66-58)53-19-14-12-17-51(53)55-33-49(70(9,10)25-23-63(4,5)6)35-57(61(55)68)65-39-45-29-46(40-65)31-47(30-45)41-65/h11-21,32-35,42-47,67-68H,22-31,36-41H2,1-10H3. The fourth-order valence-corrected chi connectivity index (χ4v) is 21.9. The number of phenols is 2. The van der Waals surface area contributed by atoms with E-state index in [9.17, 15) is 10.2 Å². The van der Waals surface area contributed by atoms with Crippen molar-refractivity contribution in [2.75, 3.05) is 0 Å². The topological polar surface area (TPSA) is 53.4 Å². The Kier molecular flexibility index (Phi) is 12.0. The number of aromatic hydroxyl groups is 2. The molecular weight excluding hydrogens is 883 g/mol. The summed E-state index contributed by atoms with van der Waals surface area (Å²) in [6, 6.07) is 36.4. The number of benzene rings is 4. The molecule has 0 amide bonds. The van der Waals surface area contributed by atoms with Gasteiger partial charge in [-0.25, -0.2) is 4.98 Å². The highest BCUT2D eigenvalue weighted by Gasteiger charge is 2.54. The first-order valence-electron chi connectivity index (χ1n) is 28.0. The quantitative estimate of drug-likeness (QED) is 0.123. The number of hydrogen-bond donors (Lipinski definition) is 2. The number of hydrogen-bond acceptors (Lipinski definition) is 3. The van der Waals surface area contributed by atoms with Crippen LogP contribution in [0, 0.1) is 46.3 Å². The zero-order chi connectivity index (χ0) is 49.2. The van der Waals surface area contributed by atoms with Crippen molar-refractivity contribution in [1.29, 1.82) is 0 Å². The molecule has 8 saturated carbocycles. The molecule has 8 fully saturated rings. The summed E-state index contributed by atoms with van der Waals surface area (Å²) in [4.78, 5) is 5.61. The van der Waals surface area contributed by atoms with E-state index in [2.05, 4.69) is 159 Å². The minimum absolute atomic E-state index is 0.0671. The first-order chi connectivity index (χ1) is 33.1. The van der Waals surface area contributed by atoms with Gasteiger partial charge in [-0.1, -0.05) is 182 Å². The molecule has 2 N–H and O–H groups in total. The minimum atomic E-state index is -1.91. The van der Waals surface area contributed by atoms with Crippen LogP contribution in [0.25, 0.3) is 44.8 Å². The van der Waals surface area contributed by atoms with Gasteiger partial charge < -0.3 is 10.2 Å². The number of phenolic OH excluding ortho intramolecular Hbond substituents is 2. The third-order valence-corrected chi connectivity index (χ3v) is 26.4. The molecule has 0 saturated heterocycles. The molecule has 3 nitrogen and oxygen atoms in total. The first kappa shape index (κ1) is 48.3. The maximum Gasteiger partial charge on any atom is 0.127 e. The Bertz CT molecular complexity index is 2540. The van der Waals surface area contributed by atoms with Crippen LogP contribution in [0.15, 0.2) is 91.0 Å². The molecule has 8 aliphatic carbocycles. The molecule has 370 valence electrons. The molecule has 70 heavy (non-hydrogen) atoms. The molecule has 4 aromatic carbocycles. The summed E-state index contributed by atoms with van der Waals surface area (Å²) in [6.45, 7) is 24.6. The predicted octanol–water partition coefficient (Wildman–Crippen LogP) is 16.8. The number of rotatable bonds is 12. The molecule has 0 spiro atoms. The first-order valence-corrected chi connectivity index (χ1v) is 34.4. The van der Waals surface area contributed by atoms with Gasteiger partial charge in [0.1, 0.15) is 11.5 Å². The Morgan fingerprint density at radius 1 is 0.443 bits per heavy atom. The van der Waals surface area contributed by atoms with Gasteiger partial charge in [-0.05, 0) is 157 Å². The van der Waals surface area contributed by atoms with Crippen LogP contribution in [-0.4, -0.2) is 31.3 Å². The van der Waals surface area contributed by atoms with Crippen LogP contribution in [0.4, 0.5) is 0 Å². The molecule has 5 aromatic rings. The largest absolute Gasteiger partial charge is 0.507 e. The second-order valence-corrected chi connectivity index (χ2v) is 38.3. The summed E-state index contributed by atoms with van der Waals surface area (Å²) in [5, 5.41) is 28.9. The third kappa shape index (κ3) is 9.02. The second kappa shape index (κ2) is 17.3. The van der Waals surface area contributed by atoms with E-state index in [4.69, 9.17) is 4.98 Å². The molecule has 0 radical (unpaired) electrons. The Morgan fingerprint density at radius 3 is 1.07 bits per heavy atom. The van der Waals surface area contributed by atoms with Crippen LogP contribution in [0.5, 0.6) is 11.5 Å². The molecule has 1 aromatic heterocycles. The summed E-state index contributed by atoms with van der Waals surface area (Å²) in [5.74, 6) is 5.78. The van der Waals surface area contributed by atoms with Crippen LogP contribution in [-0.2, 0) is 10.8 Å². The lowest BCUT2D eigenvalue weighted by atomic mass is 9.48. The van der Waals surface area contributed by atoms with Gasteiger partial charge >= 0.3 is 0 Å². The van der Waals surface area contributed by atoms with Gasteiger partial charge in [0.15, 0.2) is 0 Å². The van der Waals surface area contributed by atoms with Crippen LogP contribution in [0.1, 0.15) is 143 Å². The summed E-state index contributed by atoms with van der Waals surface area (Å²) in [5.41, 5.74) is 11.2. The van der Waals surface area contributed by atoms with E-state index < -0.39 is 16.1 Å². The average Bonchev–Trinajstić information content (AvgIpc) is 3.29. The smallest absolute Gasteiger partial charge is 0.127 e. The highest BCUT2D eigenvalue weighted by molar-refractivity contribution is 6.90. The predicted molar refractivity (Wildman–Crippen MR) is 301 cm³/mol. The molecule has 0 unspecified atom stereocenters. The minimum Gasteiger partial charge on any atom is -0.507 e. The lowest BCUT2D eigenvalue weighted by Crippen LogP contribution is -2.49. The summed E-state index contributed by atoms with van der Waals surface area (Å²) in [7, 11) is -3.83. The maximum absolute atomic E-state index is 13.0. The fraction of sp³-hybridized carbons (Fsp3) is 0.554. The van der Waals surface area contributed by atoms with Crippen molar-refractivity contribution in [2.24, 2.45) is 46.3 Å².